The van der Waals surface area contributed by atoms with E-state index in [4.69, 9.17) is 0 Å². The van der Waals surface area contributed by atoms with Gasteiger partial charge in [0.2, 0.25) is 11.8 Å². The largest absolute Gasteiger partial charge is 0.337 e. The standard InChI is InChI=1S/C28H19F3N4O4S/c29-17-5-8-19(9-6-17)32-25(36)14-34-13-16(20-3-1-2-4-23(20)34)11-24-27(38)35(28(39)40-24)15-26(37)33-22-10-7-18(30)12-21(22)31/h1-13H,14-15H2,(H,32,36)(H,33,37)/b24-11-. The fraction of sp³-hybridized carbons (Fsp3) is 0.0714. The van der Waals surface area contributed by atoms with Gasteiger partial charge in [-0.2, -0.15) is 0 Å². The van der Waals surface area contributed by atoms with Crippen molar-refractivity contribution in [2.45, 2.75) is 6.54 Å². The minimum absolute atomic E-state index is 0.0597. The van der Waals surface area contributed by atoms with Crippen LogP contribution in [-0.2, 0) is 20.9 Å². The van der Waals surface area contributed by atoms with Gasteiger partial charge in [0, 0.05) is 34.4 Å². The molecule has 0 aliphatic carbocycles. The normalized spacial score (nSPS) is 14.3. The van der Waals surface area contributed by atoms with E-state index in [2.05, 4.69) is 10.6 Å². The third kappa shape index (κ3) is 5.76. The first-order valence-electron chi connectivity index (χ1n) is 11.8. The van der Waals surface area contributed by atoms with Crippen molar-refractivity contribution in [1.29, 1.82) is 0 Å². The Bertz CT molecular complexity index is 1700. The molecule has 1 aliphatic rings. The van der Waals surface area contributed by atoms with E-state index in [0.717, 1.165) is 17.0 Å². The summed E-state index contributed by atoms with van der Waals surface area (Å²) < 4.78 is 41.8. The van der Waals surface area contributed by atoms with Gasteiger partial charge in [-0.25, -0.2) is 13.2 Å². The smallest absolute Gasteiger partial charge is 0.294 e. The molecule has 8 nitrogen and oxygen atoms in total. The highest BCUT2D eigenvalue weighted by Gasteiger charge is 2.36. The van der Waals surface area contributed by atoms with Crippen LogP contribution in [0.3, 0.4) is 0 Å². The molecule has 3 aromatic carbocycles. The molecule has 4 aromatic rings. The molecule has 12 heteroatoms. The van der Waals surface area contributed by atoms with Crippen LogP contribution in [0.5, 0.6) is 0 Å². The number of hydrogen-bond acceptors (Lipinski definition) is 5. The zero-order valence-electron chi connectivity index (χ0n) is 20.5. The zero-order valence-corrected chi connectivity index (χ0v) is 21.3. The number of para-hydroxylation sites is 1. The highest BCUT2D eigenvalue weighted by Crippen LogP contribution is 2.34. The number of aromatic nitrogens is 1. The van der Waals surface area contributed by atoms with Gasteiger partial charge in [-0.15, -0.1) is 0 Å². The maximum absolute atomic E-state index is 13.9. The lowest BCUT2D eigenvalue weighted by Gasteiger charge is -2.12. The van der Waals surface area contributed by atoms with Crippen LogP contribution in [0.25, 0.3) is 17.0 Å². The van der Waals surface area contributed by atoms with Gasteiger partial charge in [-0.3, -0.25) is 24.1 Å². The highest BCUT2D eigenvalue weighted by atomic mass is 32.2. The molecule has 1 aliphatic heterocycles. The fourth-order valence-corrected chi connectivity index (χ4v) is 4.94. The number of carbonyl (C=O) groups excluding carboxylic acids is 4. The van der Waals surface area contributed by atoms with E-state index in [0.29, 0.717) is 40.0 Å². The van der Waals surface area contributed by atoms with Gasteiger partial charge in [0.25, 0.3) is 11.1 Å². The van der Waals surface area contributed by atoms with Crippen LogP contribution in [0.1, 0.15) is 5.56 Å². The minimum Gasteiger partial charge on any atom is -0.337 e. The molecule has 1 fully saturated rings. The second kappa shape index (κ2) is 11.1. The van der Waals surface area contributed by atoms with Crippen molar-refractivity contribution in [2.24, 2.45) is 0 Å². The number of anilines is 2. The Labute approximate surface area is 229 Å². The van der Waals surface area contributed by atoms with Crippen molar-refractivity contribution in [3.8, 4) is 0 Å². The topological polar surface area (TPSA) is 101 Å². The zero-order chi connectivity index (χ0) is 28.4. The van der Waals surface area contributed by atoms with E-state index < -0.39 is 41.0 Å². The summed E-state index contributed by atoms with van der Waals surface area (Å²) >= 11 is 0.640. The van der Waals surface area contributed by atoms with Gasteiger partial charge in [-0.05, 0) is 60.3 Å². The molecule has 40 heavy (non-hydrogen) atoms. The van der Waals surface area contributed by atoms with Crippen LogP contribution >= 0.6 is 11.8 Å². The third-order valence-corrected chi connectivity index (χ3v) is 6.84. The Balaban J connectivity index is 1.32. The number of nitrogens with zero attached hydrogens (tertiary/aromatic N) is 2. The SMILES string of the molecule is O=C(Cn1cc(/C=C2\SC(=O)N(CC(=O)Nc3ccc(F)cc3F)C2=O)c2ccccc21)Nc1ccc(F)cc1. The molecule has 0 bridgehead atoms. The molecular weight excluding hydrogens is 545 g/mol. The first-order chi connectivity index (χ1) is 19.2. The van der Waals surface area contributed by atoms with Crippen LogP contribution in [-0.4, -0.2) is 39.0 Å². The van der Waals surface area contributed by atoms with Crippen molar-refractivity contribution < 1.29 is 32.3 Å². The quantitative estimate of drug-likeness (QED) is 0.294. The van der Waals surface area contributed by atoms with E-state index in [1.807, 2.05) is 0 Å². The first kappa shape index (κ1) is 26.8. The third-order valence-electron chi connectivity index (χ3n) is 5.93. The lowest BCUT2D eigenvalue weighted by atomic mass is 10.1. The molecule has 0 unspecified atom stereocenters. The van der Waals surface area contributed by atoms with E-state index in [1.54, 1.807) is 35.0 Å². The van der Waals surface area contributed by atoms with Gasteiger partial charge >= 0.3 is 0 Å². The molecule has 0 radical (unpaired) electrons. The van der Waals surface area contributed by atoms with Crippen molar-refractivity contribution in [3.63, 3.8) is 0 Å². The average Bonchev–Trinajstić information content (AvgIpc) is 3.38. The fourth-order valence-electron chi connectivity index (χ4n) is 4.11. The molecule has 4 amide bonds. The highest BCUT2D eigenvalue weighted by molar-refractivity contribution is 8.18. The van der Waals surface area contributed by atoms with E-state index in [1.165, 1.54) is 30.3 Å². The van der Waals surface area contributed by atoms with Crippen molar-refractivity contribution >= 4 is 63.1 Å². The number of fused-ring (bicyclic) bond motifs is 1. The number of rotatable bonds is 7. The van der Waals surface area contributed by atoms with Crippen LogP contribution in [0.15, 0.2) is 77.8 Å². The maximum atomic E-state index is 13.9. The number of amides is 4. The molecule has 0 spiro atoms. The van der Waals surface area contributed by atoms with Gasteiger partial charge in [0.1, 0.15) is 30.5 Å². The van der Waals surface area contributed by atoms with Gasteiger partial charge in [0.05, 0.1) is 10.6 Å². The van der Waals surface area contributed by atoms with E-state index in [9.17, 15) is 32.3 Å². The van der Waals surface area contributed by atoms with Crippen LogP contribution in [0.4, 0.5) is 29.3 Å². The van der Waals surface area contributed by atoms with Crippen molar-refractivity contribution in [2.75, 3.05) is 17.2 Å². The number of benzene rings is 3. The summed E-state index contributed by atoms with van der Waals surface area (Å²) in [6.45, 7) is -0.739. The van der Waals surface area contributed by atoms with Crippen LogP contribution in [0.2, 0.25) is 0 Å². The lowest BCUT2D eigenvalue weighted by molar-refractivity contribution is -0.127. The Morgan fingerprint density at radius 3 is 2.30 bits per heavy atom. The van der Waals surface area contributed by atoms with Crippen LogP contribution in [0, 0.1) is 17.5 Å². The number of nitrogens with one attached hydrogen (secondary N) is 2. The number of halogens is 3. The second-order valence-electron chi connectivity index (χ2n) is 8.72. The summed E-state index contributed by atoms with van der Waals surface area (Å²) in [5.41, 5.74) is 1.41. The monoisotopic (exact) mass is 564 g/mol. The van der Waals surface area contributed by atoms with E-state index in [-0.39, 0.29) is 23.0 Å². The molecule has 1 aromatic heterocycles. The molecule has 2 N–H and O–H groups in total. The Morgan fingerprint density at radius 1 is 0.850 bits per heavy atom. The average molecular weight is 565 g/mol. The maximum Gasteiger partial charge on any atom is 0.294 e. The van der Waals surface area contributed by atoms with Gasteiger partial charge in [0.15, 0.2) is 0 Å². The molecular formula is C28H19F3N4O4S. The molecule has 0 atom stereocenters. The lowest BCUT2D eigenvalue weighted by Crippen LogP contribution is -2.36. The number of imide groups is 1. The summed E-state index contributed by atoms with van der Waals surface area (Å²) in [6, 6.07) is 15.1. The molecule has 2 heterocycles. The molecule has 0 saturated carbocycles. The summed E-state index contributed by atoms with van der Waals surface area (Å²) in [5.74, 6) is -4.14. The van der Waals surface area contributed by atoms with Gasteiger partial charge < -0.3 is 15.2 Å². The van der Waals surface area contributed by atoms with Crippen molar-refractivity contribution in [3.05, 3.63) is 101 Å². The van der Waals surface area contributed by atoms with Crippen LogP contribution < -0.4 is 10.6 Å². The summed E-state index contributed by atoms with van der Waals surface area (Å²) in [6.07, 6.45) is 3.16. The molecule has 5 rings (SSSR count). The number of hydrogen-bond donors (Lipinski definition) is 2. The molecule has 1 saturated heterocycles. The Kier molecular flexibility index (Phi) is 7.43. The number of thioether (sulfide) groups is 1. The number of carbonyl (C=O) groups is 4. The Hall–Kier alpha value is -4.84. The van der Waals surface area contributed by atoms with E-state index >= 15 is 0 Å². The predicted octanol–water partition coefficient (Wildman–Crippen LogP) is 5.37. The molecule has 202 valence electrons. The second-order valence-corrected chi connectivity index (χ2v) is 9.72. The minimum atomic E-state index is -0.995. The van der Waals surface area contributed by atoms with Gasteiger partial charge in [-0.1, -0.05) is 18.2 Å². The Morgan fingerprint density at radius 2 is 1.55 bits per heavy atom. The summed E-state index contributed by atoms with van der Waals surface area (Å²) in [7, 11) is 0. The summed E-state index contributed by atoms with van der Waals surface area (Å²) in [4.78, 5) is 51.3. The predicted molar refractivity (Wildman–Crippen MR) is 145 cm³/mol. The van der Waals surface area contributed by atoms with Crippen molar-refractivity contribution in [1.82, 2.24) is 9.47 Å². The summed E-state index contributed by atoms with van der Waals surface area (Å²) in [5, 5.41) is 4.94. The first-order valence-corrected chi connectivity index (χ1v) is 12.6.